The van der Waals surface area contributed by atoms with Gasteiger partial charge < -0.3 is 19.5 Å². The van der Waals surface area contributed by atoms with Crippen LogP contribution in [0.1, 0.15) is 74.1 Å². The summed E-state index contributed by atoms with van der Waals surface area (Å²) in [6.07, 6.45) is 3.28. The van der Waals surface area contributed by atoms with Gasteiger partial charge in [0.15, 0.2) is 16.6 Å². The van der Waals surface area contributed by atoms with Crippen molar-refractivity contribution in [3.63, 3.8) is 0 Å². The van der Waals surface area contributed by atoms with Crippen LogP contribution in [0, 0.1) is 5.41 Å². The fourth-order valence-corrected chi connectivity index (χ4v) is 7.31. The number of likely N-dealkylation sites (tertiary alicyclic amines) is 1. The van der Waals surface area contributed by atoms with E-state index >= 15 is 0 Å². The highest BCUT2D eigenvalue weighted by Gasteiger charge is 2.57. The van der Waals surface area contributed by atoms with Crippen LogP contribution in [0.5, 0.6) is 0 Å². The SMILES string of the molecule is CC(O[Si](C)(C)C(C)(C)C)C(C(N)=O)N1CC2(CCC(O[Si](C)(C)C(C)(C)C)CC2)C1=O. The van der Waals surface area contributed by atoms with E-state index in [1.54, 1.807) is 4.90 Å². The third kappa shape index (κ3) is 5.34. The van der Waals surface area contributed by atoms with Gasteiger partial charge in [0.05, 0.1) is 11.5 Å². The summed E-state index contributed by atoms with van der Waals surface area (Å²) < 4.78 is 13.0. The van der Waals surface area contributed by atoms with Crippen molar-refractivity contribution in [3.8, 4) is 0 Å². The Bertz CT molecular complexity index is 716. The largest absolute Gasteiger partial charge is 0.414 e. The van der Waals surface area contributed by atoms with Gasteiger partial charge in [0.1, 0.15) is 6.04 Å². The Kier molecular flexibility index (Phi) is 7.59. The van der Waals surface area contributed by atoms with Gasteiger partial charge in [0, 0.05) is 12.6 Å². The summed E-state index contributed by atoms with van der Waals surface area (Å²) in [5.74, 6) is -0.410. The smallest absolute Gasteiger partial charge is 0.242 e. The molecule has 0 radical (unpaired) electrons. The van der Waals surface area contributed by atoms with Crippen LogP contribution in [-0.4, -0.2) is 58.1 Å². The van der Waals surface area contributed by atoms with Gasteiger partial charge in [-0.15, -0.1) is 0 Å². The zero-order valence-corrected chi connectivity index (χ0v) is 24.4. The summed E-state index contributed by atoms with van der Waals surface area (Å²) in [6.45, 7) is 24.6. The zero-order chi connectivity index (χ0) is 24.9. The van der Waals surface area contributed by atoms with Crippen LogP contribution in [0.2, 0.25) is 36.3 Å². The lowest BCUT2D eigenvalue weighted by Gasteiger charge is -2.55. The van der Waals surface area contributed by atoms with Crippen molar-refractivity contribution in [1.29, 1.82) is 0 Å². The number of hydrogen-bond acceptors (Lipinski definition) is 4. The molecule has 2 aliphatic rings. The van der Waals surface area contributed by atoms with Gasteiger partial charge >= 0.3 is 0 Å². The Morgan fingerprint density at radius 2 is 1.50 bits per heavy atom. The Morgan fingerprint density at radius 3 is 1.88 bits per heavy atom. The molecule has 1 heterocycles. The number of carbonyl (C=O) groups is 2. The predicted octanol–water partition coefficient (Wildman–Crippen LogP) is 5.04. The lowest BCUT2D eigenvalue weighted by Crippen LogP contribution is -2.70. The maximum Gasteiger partial charge on any atom is 0.242 e. The van der Waals surface area contributed by atoms with E-state index in [1.165, 1.54) is 0 Å². The number of carbonyl (C=O) groups excluding carboxylic acids is 2. The topological polar surface area (TPSA) is 81.9 Å². The molecule has 32 heavy (non-hydrogen) atoms. The number of hydrogen-bond donors (Lipinski definition) is 1. The van der Waals surface area contributed by atoms with E-state index in [1.807, 2.05) is 6.92 Å². The van der Waals surface area contributed by atoms with Crippen molar-refractivity contribution >= 4 is 28.4 Å². The fourth-order valence-electron chi connectivity index (χ4n) is 4.48. The summed E-state index contributed by atoms with van der Waals surface area (Å²) in [4.78, 5) is 27.4. The molecule has 2 atom stereocenters. The van der Waals surface area contributed by atoms with Gasteiger partial charge in [-0.05, 0) is 68.9 Å². The molecule has 1 saturated heterocycles. The first-order valence-corrected chi connectivity index (χ1v) is 18.0. The van der Waals surface area contributed by atoms with Crippen molar-refractivity contribution in [2.75, 3.05) is 6.54 Å². The van der Waals surface area contributed by atoms with Crippen LogP contribution in [0.4, 0.5) is 0 Å². The second-order valence-corrected chi connectivity index (χ2v) is 22.7. The average Bonchev–Trinajstić information content (AvgIpc) is 2.59. The van der Waals surface area contributed by atoms with Crippen molar-refractivity contribution < 1.29 is 18.4 Å². The van der Waals surface area contributed by atoms with Crippen LogP contribution in [0.15, 0.2) is 0 Å². The second kappa shape index (κ2) is 8.82. The molecule has 186 valence electrons. The summed E-state index contributed by atoms with van der Waals surface area (Å²) in [5.41, 5.74) is 5.43. The standard InChI is InChI=1S/C24H48N2O4Si2/c1-17(29-31(8,9)22(2,3)4)19(20(25)27)26-16-24(21(26)28)14-12-18(13-15-24)30-32(10,11)23(5,6)7/h17-19H,12-16H2,1-11H3,(H2,25,27). The summed E-state index contributed by atoms with van der Waals surface area (Å²) in [6, 6.07) is -0.705. The maximum absolute atomic E-state index is 13.3. The van der Waals surface area contributed by atoms with E-state index in [4.69, 9.17) is 14.6 Å². The number of rotatable bonds is 7. The highest BCUT2D eigenvalue weighted by atomic mass is 28.4. The highest BCUT2D eigenvalue weighted by Crippen LogP contribution is 2.48. The molecule has 2 rings (SSSR count). The molecule has 0 aromatic heterocycles. The highest BCUT2D eigenvalue weighted by molar-refractivity contribution is 6.74. The van der Waals surface area contributed by atoms with Crippen LogP contribution in [0.3, 0.4) is 0 Å². The molecule has 1 saturated carbocycles. The van der Waals surface area contributed by atoms with E-state index in [-0.39, 0.29) is 27.5 Å². The molecule has 2 fully saturated rings. The van der Waals surface area contributed by atoms with Gasteiger partial charge in [-0.25, -0.2) is 0 Å². The van der Waals surface area contributed by atoms with E-state index in [0.29, 0.717) is 6.54 Å². The molecule has 2 unspecified atom stereocenters. The van der Waals surface area contributed by atoms with E-state index < -0.39 is 34.7 Å². The number of amides is 2. The van der Waals surface area contributed by atoms with E-state index in [9.17, 15) is 9.59 Å². The molecule has 6 nitrogen and oxygen atoms in total. The first-order chi connectivity index (χ1) is 14.2. The minimum atomic E-state index is -2.09. The second-order valence-electron chi connectivity index (χ2n) is 13.2. The summed E-state index contributed by atoms with van der Waals surface area (Å²) in [5, 5.41) is 0.201. The minimum absolute atomic E-state index is 0.0200. The normalized spacial score (nSPS) is 27.3. The summed E-state index contributed by atoms with van der Waals surface area (Å²) in [7, 11) is -3.90. The third-order valence-electron chi connectivity index (χ3n) is 8.70. The molecule has 0 aromatic rings. The Hall–Kier alpha value is -0.706. The minimum Gasteiger partial charge on any atom is -0.414 e. The molecule has 1 aliphatic heterocycles. The molecule has 2 N–H and O–H groups in total. The first kappa shape index (κ1) is 27.5. The van der Waals surface area contributed by atoms with Gasteiger partial charge in [-0.1, -0.05) is 41.5 Å². The molecule has 0 bridgehead atoms. The molecule has 1 spiro atoms. The molecular weight excluding hydrogens is 436 g/mol. The molecule has 1 aliphatic carbocycles. The van der Waals surface area contributed by atoms with Crippen LogP contribution < -0.4 is 5.73 Å². The Morgan fingerprint density at radius 1 is 1.03 bits per heavy atom. The monoisotopic (exact) mass is 484 g/mol. The molecule has 2 amide bonds. The van der Waals surface area contributed by atoms with Crippen LogP contribution >= 0.6 is 0 Å². The number of β-lactam (4-membered cyclic amide) rings is 1. The molecular formula is C24H48N2O4Si2. The van der Waals surface area contributed by atoms with Crippen LogP contribution in [-0.2, 0) is 18.4 Å². The Labute approximate surface area is 198 Å². The quantitative estimate of drug-likeness (QED) is 0.405. The number of nitrogens with zero attached hydrogens (tertiary/aromatic N) is 1. The van der Waals surface area contributed by atoms with Crippen molar-refractivity contribution in [1.82, 2.24) is 4.90 Å². The van der Waals surface area contributed by atoms with Crippen molar-refractivity contribution in [2.24, 2.45) is 11.1 Å². The van der Waals surface area contributed by atoms with Crippen LogP contribution in [0.25, 0.3) is 0 Å². The fraction of sp³-hybridized carbons (Fsp3) is 0.917. The van der Waals surface area contributed by atoms with Crippen molar-refractivity contribution in [2.45, 2.75) is 129 Å². The lowest BCUT2D eigenvalue weighted by molar-refractivity contribution is -0.176. The van der Waals surface area contributed by atoms with Gasteiger partial charge in [0.2, 0.25) is 11.8 Å². The molecule has 8 heteroatoms. The summed E-state index contributed by atoms with van der Waals surface area (Å²) >= 11 is 0. The van der Waals surface area contributed by atoms with E-state index in [2.05, 4.69) is 67.7 Å². The average molecular weight is 485 g/mol. The Balaban J connectivity index is 2.03. The van der Waals surface area contributed by atoms with Crippen molar-refractivity contribution in [3.05, 3.63) is 0 Å². The maximum atomic E-state index is 13.3. The third-order valence-corrected chi connectivity index (χ3v) is 17.8. The van der Waals surface area contributed by atoms with Gasteiger partial charge in [-0.2, -0.15) is 0 Å². The van der Waals surface area contributed by atoms with Gasteiger partial charge in [0.25, 0.3) is 0 Å². The van der Waals surface area contributed by atoms with E-state index in [0.717, 1.165) is 25.7 Å². The zero-order valence-electron chi connectivity index (χ0n) is 22.4. The van der Waals surface area contributed by atoms with Gasteiger partial charge in [-0.3, -0.25) is 9.59 Å². The predicted molar refractivity (Wildman–Crippen MR) is 135 cm³/mol. The molecule has 0 aromatic carbocycles. The number of nitrogens with two attached hydrogens (primary N) is 1. The lowest BCUT2D eigenvalue weighted by atomic mass is 9.66. The number of primary amides is 1. The first-order valence-electron chi connectivity index (χ1n) is 12.2.